The second-order valence-corrected chi connectivity index (χ2v) is 17.1. The molecule has 288 valence electrons. The van der Waals surface area contributed by atoms with Gasteiger partial charge in [0, 0.05) is 54.1 Å². The first-order chi connectivity index (χ1) is 27.0. The fraction of sp³-hybridized carbons (Fsp3) is 0.200. The zero-order chi connectivity index (χ0) is 39.3. The highest BCUT2D eigenvalue weighted by Gasteiger charge is 2.21. The summed E-state index contributed by atoms with van der Waals surface area (Å²) in [6, 6.07) is 25.4. The largest absolute Gasteiger partial charge is 0.366 e. The Kier molecular flexibility index (Phi) is 12.8. The van der Waals surface area contributed by atoms with Crippen molar-refractivity contribution in [2.45, 2.75) is 25.9 Å². The first kappa shape index (κ1) is 40.0. The molecule has 56 heavy (non-hydrogen) atoms. The van der Waals surface area contributed by atoms with E-state index in [4.69, 9.17) is 62.1 Å². The van der Waals surface area contributed by atoms with Crippen LogP contribution in [0.5, 0.6) is 0 Å². The van der Waals surface area contributed by atoms with Crippen LogP contribution in [0.3, 0.4) is 0 Å². The maximum absolute atomic E-state index is 13.9. The molecule has 2 amide bonds. The van der Waals surface area contributed by atoms with E-state index in [2.05, 4.69) is 20.9 Å². The minimum Gasteiger partial charge on any atom is -0.366 e. The number of thiophene rings is 2. The first-order valence-corrected chi connectivity index (χ1v) is 20.8. The molecule has 10 nitrogen and oxygen atoms in total. The van der Waals surface area contributed by atoms with Crippen molar-refractivity contribution in [3.8, 4) is 20.9 Å². The Hall–Kier alpha value is -4.24. The lowest BCUT2D eigenvalue weighted by Crippen LogP contribution is -2.35. The fourth-order valence-corrected chi connectivity index (χ4v) is 9.36. The molecule has 7 rings (SSSR count). The van der Waals surface area contributed by atoms with Crippen molar-refractivity contribution in [2.75, 3.05) is 37.4 Å². The average molecular weight is 867 g/mol. The lowest BCUT2D eigenvalue weighted by atomic mass is 10.1. The highest BCUT2D eigenvalue weighted by Crippen LogP contribution is 2.42. The number of benzene rings is 2. The van der Waals surface area contributed by atoms with Crippen LogP contribution in [0, 0.1) is 0 Å². The van der Waals surface area contributed by atoms with Gasteiger partial charge in [-0.3, -0.25) is 19.4 Å². The molecular formula is C40H36Cl4N8O2S2. The van der Waals surface area contributed by atoms with Crippen LogP contribution >= 0.6 is 69.1 Å². The van der Waals surface area contributed by atoms with Gasteiger partial charge in [-0.05, 0) is 106 Å². The number of nitrogens with two attached hydrogens (primary N) is 1. The number of halogens is 4. The second kappa shape index (κ2) is 17.9. The summed E-state index contributed by atoms with van der Waals surface area (Å²) in [5.41, 5.74) is 9.61. The Morgan fingerprint density at radius 3 is 1.88 bits per heavy atom. The summed E-state index contributed by atoms with van der Waals surface area (Å²) in [6.07, 6.45) is 2.40. The third kappa shape index (κ3) is 9.82. The number of carbonyl (C=O) groups excluding carboxylic acids is 2. The average Bonchev–Trinajstić information content (AvgIpc) is 3.94. The number of amides is 2. The maximum atomic E-state index is 13.9. The number of nitrogens with zero attached hydrogens (tertiary/aromatic N) is 4. The molecule has 0 radical (unpaired) electrons. The fourth-order valence-electron chi connectivity index (χ4n) is 6.27. The van der Waals surface area contributed by atoms with Gasteiger partial charge in [0.25, 0.3) is 11.8 Å². The Morgan fingerprint density at radius 2 is 1.29 bits per heavy atom. The van der Waals surface area contributed by atoms with Crippen LogP contribution in [-0.2, 0) is 13.1 Å². The summed E-state index contributed by atoms with van der Waals surface area (Å²) in [6.45, 7) is 3.56. The van der Waals surface area contributed by atoms with Crippen LogP contribution in [0.2, 0.25) is 20.1 Å². The predicted molar refractivity (Wildman–Crippen MR) is 231 cm³/mol. The minimum absolute atomic E-state index is 0.227. The molecule has 0 aliphatic carbocycles. The molecule has 0 bridgehead atoms. The molecule has 2 aromatic carbocycles. The van der Waals surface area contributed by atoms with Crippen molar-refractivity contribution < 1.29 is 9.59 Å². The molecule has 1 aliphatic heterocycles. The summed E-state index contributed by atoms with van der Waals surface area (Å²) >= 11 is 28.3. The molecule has 5 N–H and O–H groups in total. The van der Waals surface area contributed by atoms with E-state index in [-0.39, 0.29) is 12.6 Å². The number of aromatic nitrogens is 2. The number of anilines is 4. The van der Waals surface area contributed by atoms with Gasteiger partial charge in [0.2, 0.25) is 0 Å². The lowest BCUT2D eigenvalue weighted by Gasteiger charge is -2.18. The number of primary amides is 1. The number of likely N-dealkylation sites (tertiary alicyclic amines) is 1. The molecule has 1 aliphatic rings. The van der Waals surface area contributed by atoms with Gasteiger partial charge < -0.3 is 21.7 Å². The molecule has 6 aromatic rings. The van der Waals surface area contributed by atoms with Gasteiger partial charge in [-0.2, -0.15) is 0 Å². The zero-order valence-electron chi connectivity index (χ0n) is 30.0. The Morgan fingerprint density at radius 1 is 0.750 bits per heavy atom. The third-order valence-electron chi connectivity index (χ3n) is 8.98. The van der Waals surface area contributed by atoms with E-state index in [0.29, 0.717) is 65.0 Å². The summed E-state index contributed by atoms with van der Waals surface area (Å²) in [7, 11) is 1.88. The number of hydrogen-bond donors (Lipinski definition) is 4. The summed E-state index contributed by atoms with van der Waals surface area (Å²) in [4.78, 5) is 41.7. The van der Waals surface area contributed by atoms with Gasteiger partial charge in [-0.15, -0.1) is 22.7 Å². The zero-order valence-corrected chi connectivity index (χ0v) is 34.7. The summed E-state index contributed by atoms with van der Waals surface area (Å²) in [5.74, 6) is 0.304. The Labute approximate surface area is 352 Å². The second-order valence-electron chi connectivity index (χ2n) is 13.3. The Balaban J connectivity index is 1.05. The van der Waals surface area contributed by atoms with Gasteiger partial charge in [0.15, 0.2) is 0 Å². The molecule has 5 heterocycles. The van der Waals surface area contributed by atoms with E-state index in [1.54, 1.807) is 48.5 Å². The van der Waals surface area contributed by atoms with Crippen molar-refractivity contribution in [3.63, 3.8) is 0 Å². The molecule has 4 aromatic heterocycles. The molecule has 0 saturated carbocycles. The minimum atomic E-state index is -0.589. The summed E-state index contributed by atoms with van der Waals surface area (Å²) < 4.78 is 0. The number of pyridine rings is 2. The van der Waals surface area contributed by atoms with E-state index in [1.165, 1.54) is 35.5 Å². The van der Waals surface area contributed by atoms with E-state index < -0.39 is 5.91 Å². The lowest BCUT2D eigenvalue weighted by molar-refractivity contribution is 0.0928. The van der Waals surface area contributed by atoms with Crippen LogP contribution in [-0.4, -0.2) is 58.4 Å². The number of rotatable bonds is 14. The highest BCUT2D eigenvalue weighted by molar-refractivity contribution is 7.20. The van der Waals surface area contributed by atoms with Gasteiger partial charge in [0.05, 0.1) is 29.2 Å². The smallest absolute Gasteiger partial charge is 0.255 e. The quantitative estimate of drug-likeness (QED) is 0.0797. The SMILES string of the molecule is CN(CNC(=O)c1cc(-c2cc(Cl)ccc2Cl)sc1Nc1cccc(CN2CCCC2)n1)Cc1cccc(Nc2sc(-c3cc(Cl)ccc3Cl)cc2C(N)=O)n1. The van der Waals surface area contributed by atoms with Gasteiger partial charge in [-0.25, -0.2) is 9.97 Å². The van der Waals surface area contributed by atoms with Crippen molar-refractivity contribution in [3.05, 3.63) is 128 Å². The van der Waals surface area contributed by atoms with Crippen LogP contribution in [0.15, 0.2) is 84.9 Å². The molecule has 0 unspecified atom stereocenters. The van der Waals surface area contributed by atoms with Crippen LogP contribution in [0.4, 0.5) is 21.6 Å². The Bertz CT molecular complexity index is 2400. The van der Waals surface area contributed by atoms with Gasteiger partial charge in [-0.1, -0.05) is 58.5 Å². The van der Waals surface area contributed by atoms with Gasteiger partial charge in [0.1, 0.15) is 21.6 Å². The van der Waals surface area contributed by atoms with Crippen molar-refractivity contribution >= 4 is 103 Å². The van der Waals surface area contributed by atoms with Crippen molar-refractivity contribution in [1.82, 2.24) is 25.1 Å². The first-order valence-electron chi connectivity index (χ1n) is 17.6. The molecule has 0 spiro atoms. The van der Waals surface area contributed by atoms with E-state index in [1.807, 2.05) is 48.3 Å². The molecule has 16 heteroatoms. The highest BCUT2D eigenvalue weighted by atomic mass is 35.5. The van der Waals surface area contributed by atoms with E-state index in [0.717, 1.165) is 46.3 Å². The monoisotopic (exact) mass is 864 g/mol. The molecule has 1 saturated heterocycles. The predicted octanol–water partition coefficient (Wildman–Crippen LogP) is 10.5. The number of nitrogens with one attached hydrogen (secondary N) is 3. The number of hydrogen-bond acceptors (Lipinski definition) is 10. The topological polar surface area (TPSA) is 129 Å². The summed E-state index contributed by atoms with van der Waals surface area (Å²) in [5, 5.41) is 13.0. The van der Waals surface area contributed by atoms with E-state index >= 15 is 0 Å². The van der Waals surface area contributed by atoms with Gasteiger partial charge >= 0.3 is 0 Å². The van der Waals surface area contributed by atoms with Crippen LogP contribution < -0.4 is 21.7 Å². The van der Waals surface area contributed by atoms with E-state index in [9.17, 15) is 9.59 Å². The standard InChI is InChI=1S/C40H36Cl4N8O2S2/c1-51(20-25-6-4-8-35(47-25)49-39-29(37(45)53)18-33(55-39)27-16-23(41)10-12-31(27)43)22-46-38(54)30-19-34(28-17-24(42)11-13-32(28)44)56-40(30)50-36-9-5-7-26(48-36)21-52-14-2-3-15-52/h4-13,16-19H,2-3,14-15,20-22H2,1H3,(H2,45,53)(H,46,54)(H,47,49)(H,48,50). The van der Waals surface area contributed by atoms with Crippen LogP contribution in [0.25, 0.3) is 20.9 Å². The third-order valence-corrected chi connectivity index (χ3v) is 12.3. The molecule has 1 fully saturated rings. The normalized spacial score (nSPS) is 13.0. The van der Waals surface area contributed by atoms with Crippen LogP contribution in [0.1, 0.15) is 44.9 Å². The maximum Gasteiger partial charge on any atom is 0.255 e. The number of carbonyl (C=O) groups is 2. The van der Waals surface area contributed by atoms with Crippen molar-refractivity contribution in [2.24, 2.45) is 5.73 Å². The van der Waals surface area contributed by atoms with Crippen molar-refractivity contribution in [1.29, 1.82) is 0 Å². The molecule has 0 atom stereocenters. The molecular weight excluding hydrogens is 830 g/mol.